The second-order valence-corrected chi connectivity index (χ2v) is 24.7. The first-order valence-electron chi connectivity index (χ1n) is 24.3. The van der Waals surface area contributed by atoms with Gasteiger partial charge in [0.05, 0.1) is 6.04 Å². The first kappa shape index (κ1) is 47.7. The van der Waals surface area contributed by atoms with E-state index >= 15 is 4.79 Å². The average molecular weight is 894 g/mol. The summed E-state index contributed by atoms with van der Waals surface area (Å²) < 4.78 is 18.1. The highest BCUT2D eigenvalue weighted by Crippen LogP contribution is 2.67. The van der Waals surface area contributed by atoms with Gasteiger partial charge in [-0.3, -0.25) is 33.6 Å². The molecule has 3 aliphatic heterocycles. The fourth-order valence-corrected chi connectivity index (χ4v) is 13.8. The molecule has 3 saturated heterocycles. The molecule has 0 bridgehead atoms. The summed E-state index contributed by atoms with van der Waals surface area (Å²) in [6.45, 7) is 22.8. The summed E-state index contributed by atoms with van der Waals surface area (Å²) in [7, 11) is -3.12. The third-order valence-electron chi connectivity index (χ3n) is 16.9. The van der Waals surface area contributed by atoms with Crippen LogP contribution in [0.2, 0.25) is 0 Å². The highest BCUT2D eigenvalue weighted by molar-refractivity contribution is 7.96. The Balaban J connectivity index is 1.17. The largest absolute Gasteiger partial charge is 0.342 e. The summed E-state index contributed by atoms with van der Waals surface area (Å²) in [5.41, 5.74) is -1.35. The minimum Gasteiger partial charge on any atom is -0.342 e. The van der Waals surface area contributed by atoms with Crippen molar-refractivity contribution in [2.75, 3.05) is 26.2 Å². The number of amides is 5. The van der Waals surface area contributed by atoms with Crippen LogP contribution in [0.25, 0.3) is 0 Å². The predicted octanol–water partition coefficient (Wildman–Crippen LogP) is 5.41. The van der Waals surface area contributed by atoms with E-state index in [4.69, 9.17) is 0 Å². The van der Waals surface area contributed by atoms with Crippen LogP contribution in [0.4, 0.5) is 0 Å². The topological polar surface area (TPSA) is 160 Å². The van der Waals surface area contributed by atoms with Gasteiger partial charge in [0.1, 0.15) is 33.6 Å². The molecule has 0 radical (unpaired) electrons. The van der Waals surface area contributed by atoms with Gasteiger partial charge >= 0.3 is 0 Å². The van der Waals surface area contributed by atoms with Gasteiger partial charge < -0.3 is 20.9 Å². The Kier molecular flexibility index (Phi) is 13.3. The molecule has 8 atom stereocenters. The van der Waals surface area contributed by atoms with Crippen LogP contribution in [0.3, 0.4) is 0 Å². The van der Waals surface area contributed by atoms with E-state index in [0.717, 1.165) is 83.6 Å². The van der Waals surface area contributed by atoms with Gasteiger partial charge in [-0.25, -0.2) is 8.51 Å². The van der Waals surface area contributed by atoms with Crippen molar-refractivity contribution in [1.29, 1.82) is 0 Å². The summed E-state index contributed by atoms with van der Waals surface area (Å²) in [6, 6.07) is -2.95. The molecule has 14 heteroatoms. The summed E-state index contributed by atoms with van der Waals surface area (Å²) >= 11 is 0. The molecule has 6 fully saturated rings. The Labute approximate surface area is 378 Å². The van der Waals surface area contributed by atoms with Crippen LogP contribution in [0.15, 0.2) is 24.3 Å². The highest BCUT2D eigenvalue weighted by Gasteiger charge is 2.63. The van der Waals surface area contributed by atoms with Crippen molar-refractivity contribution in [3.63, 3.8) is 0 Å². The fraction of sp³-hybridized carbons (Fsp3) is 0.796. The lowest BCUT2D eigenvalue weighted by atomic mass is 9.43. The van der Waals surface area contributed by atoms with Crippen molar-refractivity contribution in [1.82, 2.24) is 34.8 Å². The molecule has 8 unspecified atom stereocenters. The SMILES string of the molecule is C=CC1CC1(NC(=O)C1CC(C2=CC3(CCC3)C2(C)C)CN1C(=O)C(NC(=O)C(NC(=O)C1CCCCN1C(C)C)C1(C)CCCCC1)C(C)(C)C)C(=O)NS(=C)(=O)N1CCCC1. The Bertz CT molecular complexity index is 1960. The summed E-state index contributed by atoms with van der Waals surface area (Å²) in [5, 5.41) is 9.53. The Morgan fingerprint density at radius 1 is 0.857 bits per heavy atom. The molecule has 0 aromatic rings. The Morgan fingerprint density at radius 2 is 1.51 bits per heavy atom. The van der Waals surface area contributed by atoms with Crippen LogP contribution < -0.4 is 20.7 Å². The maximum absolute atomic E-state index is 15.4. The third kappa shape index (κ3) is 8.91. The minimum absolute atomic E-state index is 0.0898. The lowest BCUT2D eigenvalue weighted by Gasteiger charge is -2.61. The van der Waals surface area contributed by atoms with Crippen LogP contribution >= 0.6 is 0 Å². The second kappa shape index (κ2) is 17.5. The molecule has 4 N–H and O–H groups in total. The molecule has 13 nitrogen and oxygen atoms in total. The molecule has 0 aromatic carbocycles. The van der Waals surface area contributed by atoms with Crippen LogP contribution in [-0.4, -0.2) is 116 Å². The quantitative estimate of drug-likeness (QED) is 0.134. The molecular formula is C49H79N7O6S. The number of likely N-dealkylation sites (tertiary alicyclic amines) is 2. The molecule has 7 aliphatic rings. The van der Waals surface area contributed by atoms with Crippen LogP contribution in [0.1, 0.15) is 152 Å². The minimum atomic E-state index is -3.12. The van der Waals surface area contributed by atoms with Crippen LogP contribution in [-0.2, 0) is 33.9 Å². The van der Waals surface area contributed by atoms with E-state index in [2.05, 4.69) is 78.7 Å². The zero-order valence-corrected chi connectivity index (χ0v) is 40.6. The fourth-order valence-electron chi connectivity index (χ4n) is 12.3. The van der Waals surface area contributed by atoms with Gasteiger partial charge in [0.2, 0.25) is 23.6 Å². The maximum atomic E-state index is 15.4. The number of carbonyl (C=O) groups is 5. The standard InChI is InChI=1S/C49H79N7O6S/c1-11-34-29-49(34,44(61)53-63(10,62)54-25-17-18-26-54)52-41(58)37-28-33(35-30-48(23-19-24-48)46(35,7)8)31-56(37)43(60)39(45(4,5)6)51-42(59)38(47(9)21-14-12-15-22-47)50-40(57)36-20-13-16-27-55(36)32(2)3/h11,30,32-34,36-39H,1,10,12-29,31H2,2-9H3,(H,50,57)(H,51,59)(H,52,58)(H,53,61,62). The number of nitrogens with zero attached hydrogens (tertiary/aromatic N) is 3. The van der Waals surface area contributed by atoms with Crippen molar-refractivity contribution in [2.24, 2.45) is 33.5 Å². The second-order valence-electron chi connectivity index (χ2n) is 22.7. The number of carbonyl (C=O) groups excluding carboxylic acids is 5. The lowest BCUT2D eigenvalue weighted by Crippen LogP contribution is -2.65. The first-order chi connectivity index (χ1) is 29.5. The monoisotopic (exact) mass is 894 g/mol. The van der Waals surface area contributed by atoms with Gasteiger partial charge in [0.25, 0.3) is 5.91 Å². The van der Waals surface area contributed by atoms with E-state index in [0.29, 0.717) is 26.1 Å². The summed E-state index contributed by atoms with van der Waals surface area (Å²) in [5.74, 6) is 1.49. The zero-order chi connectivity index (χ0) is 45.9. The zero-order valence-electron chi connectivity index (χ0n) is 39.7. The number of rotatable bonds is 14. The van der Waals surface area contributed by atoms with E-state index in [-0.39, 0.29) is 58.9 Å². The maximum Gasteiger partial charge on any atom is 0.258 e. The first-order valence-corrected chi connectivity index (χ1v) is 26.0. The van der Waals surface area contributed by atoms with E-state index in [1.165, 1.54) is 12.0 Å². The number of nitrogens with one attached hydrogen (secondary N) is 4. The smallest absolute Gasteiger partial charge is 0.258 e. The van der Waals surface area contributed by atoms with Crippen molar-refractivity contribution in [3.05, 3.63) is 24.3 Å². The van der Waals surface area contributed by atoms with Crippen molar-refractivity contribution in [2.45, 2.75) is 187 Å². The van der Waals surface area contributed by atoms with Gasteiger partial charge in [-0.15, -0.1) is 6.58 Å². The molecule has 352 valence electrons. The van der Waals surface area contributed by atoms with Crippen molar-refractivity contribution in [3.8, 4) is 0 Å². The average Bonchev–Trinajstić information content (AvgIpc) is 3.49. The van der Waals surface area contributed by atoms with Gasteiger partial charge in [0, 0.05) is 37.5 Å². The number of hydrogen-bond donors (Lipinski definition) is 4. The van der Waals surface area contributed by atoms with Crippen LogP contribution in [0, 0.1) is 33.5 Å². The molecule has 63 heavy (non-hydrogen) atoms. The molecule has 4 aliphatic carbocycles. The number of allylic oxidation sites excluding steroid dienone is 1. The van der Waals surface area contributed by atoms with Gasteiger partial charge in [-0.1, -0.05) is 91.4 Å². The van der Waals surface area contributed by atoms with E-state index in [1.807, 2.05) is 20.8 Å². The lowest BCUT2D eigenvalue weighted by molar-refractivity contribution is -0.146. The molecule has 3 saturated carbocycles. The van der Waals surface area contributed by atoms with Crippen LogP contribution in [0.5, 0.6) is 0 Å². The third-order valence-corrected chi connectivity index (χ3v) is 18.6. The summed E-state index contributed by atoms with van der Waals surface area (Å²) in [4.78, 5) is 77.4. The van der Waals surface area contributed by atoms with Gasteiger partial charge in [0.15, 0.2) is 0 Å². The molecule has 0 aromatic heterocycles. The van der Waals surface area contributed by atoms with Gasteiger partial charge in [-0.2, -0.15) is 0 Å². The molecule has 3 heterocycles. The Hall–Kier alpha value is -3.23. The number of piperidine rings is 1. The Morgan fingerprint density at radius 3 is 2.06 bits per heavy atom. The van der Waals surface area contributed by atoms with Gasteiger partial charge in [-0.05, 0) is 112 Å². The highest BCUT2D eigenvalue weighted by atomic mass is 32.2. The summed E-state index contributed by atoms with van der Waals surface area (Å²) in [6.07, 6.45) is 17.1. The van der Waals surface area contributed by atoms with Crippen molar-refractivity contribution < 1.29 is 28.2 Å². The van der Waals surface area contributed by atoms with E-state index in [1.54, 1.807) is 15.3 Å². The molecule has 5 amide bonds. The predicted molar refractivity (Wildman–Crippen MR) is 249 cm³/mol. The molecule has 7 rings (SSSR count). The van der Waals surface area contributed by atoms with Crippen molar-refractivity contribution >= 4 is 45.3 Å². The molecular weight excluding hydrogens is 815 g/mol. The normalized spacial score (nSPS) is 32.0. The van der Waals surface area contributed by atoms with E-state index in [9.17, 15) is 23.4 Å². The van der Waals surface area contributed by atoms with E-state index < -0.39 is 56.2 Å². The molecule has 1 spiro atoms. The number of hydrogen-bond acceptors (Lipinski definition) is 7.